The van der Waals surface area contributed by atoms with Crippen molar-refractivity contribution in [2.24, 2.45) is 11.7 Å². The molecular weight excluding hydrogens is 325 g/mol. The van der Waals surface area contributed by atoms with Crippen LogP contribution in [0.25, 0.3) is 0 Å². The van der Waals surface area contributed by atoms with Crippen LogP contribution in [0, 0.1) is 5.92 Å². The van der Waals surface area contributed by atoms with Gasteiger partial charge in [-0.1, -0.05) is 12.8 Å². The van der Waals surface area contributed by atoms with Gasteiger partial charge in [-0.3, -0.25) is 9.78 Å². The smallest absolute Gasteiger partial charge is 0.225 e. The Labute approximate surface area is 143 Å². The third kappa shape index (κ3) is 5.94. The molecule has 1 aliphatic rings. The van der Waals surface area contributed by atoms with Crippen molar-refractivity contribution in [3.05, 3.63) is 18.6 Å². The summed E-state index contributed by atoms with van der Waals surface area (Å²) < 4.78 is 0. The number of hydrogen-bond donors (Lipinski definition) is 3. The summed E-state index contributed by atoms with van der Waals surface area (Å²) in [7, 11) is 0. The predicted molar refractivity (Wildman–Crippen MR) is 92.6 cm³/mol. The van der Waals surface area contributed by atoms with Gasteiger partial charge in [0, 0.05) is 31.0 Å². The van der Waals surface area contributed by atoms with Crippen molar-refractivity contribution >= 4 is 36.5 Å². The van der Waals surface area contributed by atoms with Crippen LogP contribution in [0.2, 0.25) is 0 Å². The number of nitrogens with zero attached hydrogens (tertiary/aromatic N) is 2. The van der Waals surface area contributed by atoms with Gasteiger partial charge in [-0.05, 0) is 19.8 Å². The molecule has 0 bridgehead atoms. The summed E-state index contributed by atoms with van der Waals surface area (Å²) in [5.41, 5.74) is 5.85. The first-order valence-electron chi connectivity index (χ1n) is 7.16. The highest BCUT2D eigenvalue weighted by Crippen LogP contribution is 2.31. The SMILES string of the molecule is CC1(N)CCCCC1C(=O)NCCNc1cnccn1.Cl.Cl. The molecule has 1 amide bonds. The van der Waals surface area contributed by atoms with E-state index in [2.05, 4.69) is 20.6 Å². The fourth-order valence-corrected chi connectivity index (χ4v) is 2.68. The summed E-state index contributed by atoms with van der Waals surface area (Å²) >= 11 is 0. The zero-order chi connectivity index (χ0) is 14.4. The van der Waals surface area contributed by atoms with Crippen LogP contribution in [0.5, 0.6) is 0 Å². The van der Waals surface area contributed by atoms with Gasteiger partial charge < -0.3 is 16.4 Å². The Bertz CT molecular complexity index is 444. The first-order chi connectivity index (χ1) is 9.59. The van der Waals surface area contributed by atoms with Crippen LogP contribution in [0.15, 0.2) is 18.6 Å². The average molecular weight is 350 g/mol. The lowest BCUT2D eigenvalue weighted by atomic mass is 9.74. The zero-order valence-electron chi connectivity index (χ0n) is 12.7. The van der Waals surface area contributed by atoms with Crippen molar-refractivity contribution < 1.29 is 4.79 Å². The Morgan fingerprint density at radius 2 is 2.14 bits per heavy atom. The number of halogens is 2. The van der Waals surface area contributed by atoms with Crippen LogP contribution >= 0.6 is 24.8 Å². The number of nitrogens with one attached hydrogen (secondary N) is 2. The van der Waals surface area contributed by atoms with Crippen molar-refractivity contribution in [2.45, 2.75) is 38.1 Å². The maximum absolute atomic E-state index is 12.2. The van der Waals surface area contributed by atoms with Gasteiger partial charge in [-0.25, -0.2) is 4.98 Å². The molecule has 0 aliphatic heterocycles. The summed E-state index contributed by atoms with van der Waals surface area (Å²) in [5.74, 6) is 0.700. The van der Waals surface area contributed by atoms with Gasteiger partial charge in [0.25, 0.3) is 0 Å². The summed E-state index contributed by atoms with van der Waals surface area (Å²) in [5, 5.41) is 6.05. The van der Waals surface area contributed by atoms with Crippen molar-refractivity contribution in [3.63, 3.8) is 0 Å². The van der Waals surface area contributed by atoms with Crippen molar-refractivity contribution in [3.8, 4) is 0 Å². The molecule has 22 heavy (non-hydrogen) atoms. The van der Waals surface area contributed by atoms with Crippen LogP contribution in [0.3, 0.4) is 0 Å². The minimum atomic E-state index is -0.374. The number of hydrogen-bond acceptors (Lipinski definition) is 5. The number of rotatable bonds is 5. The Hall–Kier alpha value is -1.11. The number of amides is 1. The molecule has 1 heterocycles. The number of anilines is 1. The molecule has 0 aromatic carbocycles. The van der Waals surface area contributed by atoms with Crippen LogP contribution in [0.4, 0.5) is 5.82 Å². The lowest BCUT2D eigenvalue weighted by molar-refractivity contribution is -0.128. The van der Waals surface area contributed by atoms with Crippen LogP contribution in [0.1, 0.15) is 32.6 Å². The molecule has 1 aliphatic carbocycles. The van der Waals surface area contributed by atoms with E-state index in [1.165, 1.54) is 0 Å². The summed E-state index contributed by atoms with van der Waals surface area (Å²) in [6, 6.07) is 0. The number of carbonyl (C=O) groups excluding carboxylic acids is 1. The maximum atomic E-state index is 12.2. The number of aromatic nitrogens is 2. The van der Waals surface area contributed by atoms with Gasteiger partial charge in [0.15, 0.2) is 0 Å². The third-order valence-electron chi connectivity index (χ3n) is 3.86. The molecule has 8 heteroatoms. The average Bonchev–Trinajstić information content (AvgIpc) is 2.44. The standard InChI is InChI=1S/C14H23N5O.2ClH/c1-14(15)5-3-2-4-11(14)13(20)19-9-8-18-12-10-16-6-7-17-12;;/h6-7,10-11H,2-5,8-9,15H2,1H3,(H,17,18)(H,19,20);2*1H. The van der Waals surface area contributed by atoms with E-state index >= 15 is 0 Å². The highest BCUT2D eigenvalue weighted by atomic mass is 35.5. The Morgan fingerprint density at radius 3 is 2.77 bits per heavy atom. The molecule has 1 aromatic heterocycles. The molecule has 1 fully saturated rings. The van der Waals surface area contributed by atoms with E-state index in [0.717, 1.165) is 25.7 Å². The largest absolute Gasteiger partial charge is 0.367 e. The molecule has 4 N–H and O–H groups in total. The van der Waals surface area contributed by atoms with Crippen molar-refractivity contribution in [1.29, 1.82) is 0 Å². The van der Waals surface area contributed by atoms with E-state index in [0.29, 0.717) is 18.9 Å². The van der Waals surface area contributed by atoms with E-state index in [-0.39, 0.29) is 42.2 Å². The van der Waals surface area contributed by atoms with Gasteiger partial charge in [-0.15, -0.1) is 24.8 Å². The minimum absolute atomic E-state index is 0. The van der Waals surface area contributed by atoms with Gasteiger partial charge in [0.05, 0.1) is 12.1 Å². The highest BCUT2D eigenvalue weighted by molar-refractivity contribution is 5.85. The molecule has 6 nitrogen and oxygen atoms in total. The Balaban J connectivity index is 0.00000220. The fourth-order valence-electron chi connectivity index (χ4n) is 2.68. The van der Waals surface area contributed by atoms with Crippen LogP contribution in [-0.2, 0) is 4.79 Å². The normalized spacial score (nSPS) is 23.6. The lowest BCUT2D eigenvalue weighted by Gasteiger charge is -2.37. The van der Waals surface area contributed by atoms with E-state index in [1.807, 2.05) is 6.92 Å². The quantitative estimate of drug-likeness (QED) is 0.704. The molecule has 0 spiro atoms. The van der Waals surface area contributed by atoms with E-state index in [1.54, 1.807) is 18.6 Å². The molecule has 126 valence electrons. The molecule has 0 saturated heterocycles. The second-order valence-corrected chi connectivity index (χ2v) is 5.61. The molecule has 1 saturated carbocycles. The second kappa shape index (κ2) is 9.82. The predicted octanol–water partition coefficient (Wildman–Crippen LogP) is 1.76. The molecular formula is C14H25Cl2N5O. The van der Waals surface area contributed by atoms with Gasteiger partial charge >= 0.3 is 0 Å². The van der Waals surface area contributed by atoms with Crippen molar-refractivity contribution in [2.75, 3.05) is 18.4 Å². The third-order valence-corrected chi connectivity index (χ3v) is 3.86. The van der Waals surface area contributed by atoms with Gasteiger partial charge in [0.1, 0.15) is 5.82 Å². The first kappa shape index (κ1) is 20.9. The minimum Gasteiger partial charge on any atom is -0.367 e. The highest BCUT2D eigenvalue weighted by Gasteiger charge is 2.37. The zero-order valence-corrected chi connectivity index (χ0v) is 14.4. The van der Waals surface area contributed by atoms with E-state index in [4.69, 9.17) is 5.73 Å². The first-order valence-corrected chi connectivity index (χ1v) is 7.16. The molecule has 2 rings (SSSR count). The fraction of sp³-hybridized carbons (Fsp3) is 0.643. The number of nitrogens with two attached hydrogens (primary N) is 1. The molecule has 1 aromatic rings. The summed E-state index contributed by atoms with van der Waals surface area (Å²) in [6.45, 7) is 3.16. The number of carbonyl (C=O) groups is 1. The topological polar surface area (TPSA) is 92.9 Å². The van der Waals surface area contributed by atoms with Crippen molar-refractivity contribution in [1.82, 2.24) is 15.3 Å². The van der Waals surface area contributed by atoms with Crippen LogP contribution < -0.4 is 16.4 Å². The molecule has 2 unspecified atom stereocenters. The Morgan fingerprint density at radius 1 is 1.36 bits per heavy atom. The van der Waals surface area contributed by atoms with E-state index < -0.39 is 0 Å². The molecule has 2 atom stereocenters. The monoisotopic (exact) mass is 349 g/mol. The van der Waals surface area contributed by atoms with Gasteiger partial charge in [-0.2, -0.15) is 0 Å². The Kier molecular flexibility index (Phi) is 9.32. The van der Waals surface area contributed by atoms with Gasteiger partial charge in [0.2, 0.25) is 5.91 Å². The van der Waals surface area contributed by atoms with E-state index in [9.17, 15) is 4.79 Å². The molecule has 0 radical (unpaired) electrons. The maximum Gasteiger partial charge on any atom is 0.225 e. The summed E-state index contributed by atoms with van der Waals surface area (Å²) in [6.07, 6.45) is 8.91. The lowest BCUT2D eigenvalue weighted by Crippen LogP contribution is -2.53. The second-order valence-electron chi connectivity index (χ2n) is 5.61. The summed E-state index contributed by atoms with van der Waals surface area (Å²) in [4.78, 5) is 20.2. The van der Waals surface area contributed by atoms with Crippen LogP contribution in [-0.4, -0.2) is 34.5 Å².